The molecular weight excluding hydrogens is 292 g/mol. The Morgan fingerprint density at radius 2 is 2.09 bits per heavy atom. The fourth-order valence-electron chi connectivity index (χ4n) is 2.92. The second-order valence-corrected chi connectivity index (χ2v) is 6.00. The summed E-state index contributed by atoms with van der Waals surface area (Å²) in [6.07, 6.45) is 2.73. The van der Waals surface area contributed by atoms with E-state index in [9.17, 15) is 9.59 Å². The number of fused-ring (bicyclic) bond motifs is 3. The van der Waals surface area contributed by atoms with E-state index in [0.29, 0.717) is 11.9 Å². The van der Waals surface area contributed by atoms with Crippen molar-refractivity contribution in [1.82, 2.24) is 19.5 Å². The fourth-order valence-corrected chi connectivity index (χ4v) is 2.92. The first-order valence-electron chi connectivity index (χ1n) is 7.97. The highest BCUT2D eigenvalue weighted by Gasteiger charge is 2.24. The van der Waals surface area contributed by atoms with E-state index in [1.807, 2.05) is 41.7 Å². The predicted molar refractivity (Wildman–Crippen MR) is 87.5 cm³/mol. The molecule has 0 atom stereocenters. The Kier molecular flexibility index (Phi) is 3.18. The summed E-state index contributed by atoms with van der Waals surface area (Å²) in [5, 5.41) is 8.31. The fraction of sp³-hybridized carbons (Fsp3) is 0.353. The van der Waals surface area contributed by atoms with Gasteiger partial charge in [0.15, 0.2) is 0 Å². The van der Waals surface area contributed by atoms with Crippen LogP contribution in [-0.2, 0) is 17.8 Å². The quantitative estimate of drug-likeness (QED) is 0.794. The third-order valence-corrected chi connectivity index (χ3v) is 4.21. The van der Waals surface area contributed by atoms with Crippen LogP contribution in [0, 0.1) is 0 Å². The first-order chi connectivity index (χ1) is 11.2. The molecule has 118 valence electrons. The van der Waals surface area contributed by atoms with Crippen LogP contribution in [0.15, 0.2) is 35.1 Å². The molecular formula is C17H18N4O2. The van der Waals surface area contributed by atoms with Crippen LogP contribution in [0.4, 0.5) is 0 Å². The van der Waals surface area contributed by atoms with Crippen LogP contribution in [-0.4, -0.2) is 26.1 Å². The maximum absolute atomic E-state index is 12.7. The van der Waals surface area contributed by atoms with Crippen molar-refractivity contribution in [3.05, 3.63) is 46.5 Å². The summed E-state index contributed by atoms with van der Waals surface area (Å²) >= 11 is 0. The number of carbonyl (C=O) groups is 1. The molecule has 4 rings (SSSR count). The second-order valence-electron chi connectivity index (χ2n) is 6.00. The maximum atomic E-state index is 12.7. The summed E-state index contributed by atoms with van der Waals surface area (Å²) < 4.78 is 3.18. The lowest BCUT2D eigenvalue weighted by Gasteiger charge is -2.10. The Hall–Kier alpha value is -2.63. The Labute approximate surface area is 132 Å². The molecule has 3 aromatic rings. The number of hydrogen-bond donors (Lipinski definition) is 1. The van der Waals surface area contributed by atoms with E-state index in [-0.39, 0.29) is 24.1 Å². The van der Waals surface area contributed by atoms with Crippen LogP contribution >= 0.6 is 0 Å². The van der Waals surface area contributed by atoms with Crippen molar-refractivity contribution >= 4 is 22.3 Å². The highest BCUT2D eigenvalue weighted by atomic mass is 16.2. The average Bonchev–Trinajstić information content (AvgIpc) is 3.27. The van der Waals surface area contributed by atoms with E-state index in [1.165, 1.54) is 4.68 Å². The van der Waals surface area contributed by atoms with E-state index in [0.717, 1.165) is 29.6 Å². The maximum Gasteiger partial charge on any atom is 0.291 e. The van der Waals surface area contributed by atoms with Crippen molar-refractivity contribution in [2.75, 3.05) is 0 Å². The SMILES string of the molecule is CCc1nn(CC(=O)NC2CC2)c(=O)c2cc3ccccc3n12. The molecule has 0 saturated heterocycles. The zero-order valence-electron chi connectivity index (χ0n) is 13.0. The van der Waals surface area contributed by atoms with Crippen molar-refractivity contribution in [3.8, 4) is 0 Å². The third kappa shape index (κ3) is 2.40. The van der Waals surface area contributed by atoms with Gasteiger partial charge in [0.25, 0.3) is 5.56 Å². The van der Waals surface area contributed by atoms with Gasteiger partial charge in [-0.25, -0.2) is 4.68 Å². The summed E-state index contributed by atoms with van der Waals surface area (Å²) in [5.41, 5.74) is 1.31. The Bertz CT molecular complexity index is 966. The first kappa shape index (κ1) is 14.0. The zero-order chi connectivity index (χ0) is 16.0. The Morgan fingerprint density at radius 1 is 1.30 bits per heavy atom. The van der Waals surface area contributed by atoms with Gasteiger partial charge in [0, 0.05) is 17.8 Å². The van der Waals surface area contributed by atoms with Gasteiger partial charge in [-0.15, -0.1) is 0 Å². The van der Waals surface area contributed by atoms with E-state index in [2.05, 4.69) is 10.4 Å². The molecule has 2 aromatic heterocycles. The number of aromatic nitrogens is 3. The van der Waals surface area contributed by atoms with E-state index < -0.39 is 0 Å². The summed E-state index contributed by atoms with van der Waals surface area (Å²) in [5.74, 6) is 0.629. The lowest BCUT2D eigenvalue weighted by Crippen LogP contribution is -2.36. The van der Waals surface area contributed by atoms with Gasteiger partial charge in [0.05, 0.1) is 5.52 Å². The number of hydrogen-bond acceptors (Lipinski definition) is 3. The van der Waals surface area contributed by atoms with Gasteiger partial charge in [0.2, 0.25) is 5.91 Å². The van der Waals surface area contributed by atoms with E-state index in [4.69, 9.17) is 0 Å². The zero-order valence-corrected chi connectivity index (χ0v) is 13.0. The number of aryl methyl sites for hydroxylation is 1. The van der Waals surface area contributed by atoms with Crippen molar-refractivity contribution in [2.24, 2.45) is 0 Å². The van der Waals surface area contributed by atoms with Gasteiger partial charge in [-0.05, 0) is 25.0 Å². The molecule has 1 saturated carbocycles. The predicted octanol–water partition coefficient (Wildman–Crippen LogP) is 1.49. The van der Waals surface area contributed by atoms with Gasteiger partial charge in [-0.1, -0.05) is 25.1 Å². The molecule has 0 radical (unpaired) electrons. The molecule has 0 bridgehead atoms. The van der Waals surface area contributed by atoms with Crippen molar-refractivity contribution < 1.29 is 4.79 Å². The lowest BCUT2D eigenvalue weighted by atomic mass is 10.2. The van der Waals surface area contributed by atoms with Crippen molar-refractivity contribution in [3.63, 3.8) is 0 Å². The standard InChI is InChI=1S/C17H18N4O2/c1-2-15-19-20(10-16(22)18-12-7-8-12)17(23)14-9-11-5-3-4-6-13(11)21(14)15/h3-6,9,12H,2,7-8,10H2,1H3,(H,18,22). The number of nitrogens with zero attached hydrogens (tertiary/aromatic N) is 3. The number of para-hydroxylation sites is 1. The number of rotatable bonds is 4. The highest BCUT2D eigenvalue weighted by Crippen LogP contribution is 2.20. The van der Waals surface area contributed by atoms with E-state index >= 15 is 0 Å². The molecule has 23 heavy (non-hydrogen) atoms. The van der Waals surface area contributed by atoms with Crippen LogP contribution < -0.4 is 10.9 Å². The number of benzene rings is 1. The Balaban J connectivity index is 1.85. The molecule has 1 aromatic carbocycles. The van der Waals surface area contributed by atoms with Gasteiger partial charge in [-0.2, -0.15) is 5.10 Å². The van der Waals surface area contributed by atoms with Gasteiger partial charge in [-0.3, -0.25) is 14.0 Å². The number of carbonyl (C=O) groups excluding carboxylic acids is 1. The van der Waals surface area contributed by atoms with Crippen LogP contribution in [0.1, 0.15) is 25.6 Å². The average molecular weight is 310 g/mol. The molecule has 1 fully saturated rings. The molecule has 1 N–H and O–H groups in total. The van der Waals surface area contributed by atoms with E-state index in [1.54, 1.807) is 0 Å². The smallest absolute Gasteiger partial charge is 0.291 e. The molecule has 6 nitrogen and oxygen atoms in total. The summed E-state index contributed by atoms with van der Waals surface area (Å²) in [4.78, 5) is 24.7. The molecule has 6 heteroatoms. The monoisotopic (exact) mass is 310 g/mol. The third-order valence-electron chi connectivity index (χ3n) is 4.21. The van der Waals surface area contributed by atoms with Gasteiger partial charge >= 0.3 is 0 Å². The van der Waals surface area contributed by atoms with Crippen LogP contribution in [0.2, 0.25) is 0 Å². The van der Waals surface area contributed by atoms with Crippen molar-refractivity contribution in [1.29, 1.82) is 0 Å². The first-order valence-corrected chi connectivity index (χ1v) is 7.97. The van der Waals surface area contributed by atoms with Gasteiger partial charge < -0.3 is 5.32 Å². The second kappa shape index (κ2) is 5.22. The highest BCUT2D eigenvalue weighted by molar-refractivity contribution is 5.87. The van der Waals surface area contributed by atoms with Crippen LogP contribution in [0.25, 0.3) is 16.4 Å². The molecule has 1 aliphatic carbocycles. The topological polar surface area (TPSA) is 68.4 Å². The summed E-state index contributed by atoms with van der Waals surface area (Å²) in [7, 11) is 0. The normalized spacial score (nSPS) is 14.5. The molecule has 0 spiro atoms. The number of amides is 1. The molecule has 0 aliphatic heterocycles. The largest absolute Gasteiger partial charge is 0.352 e. The summed E-state index contributed by atoms with van der Waals surface area (Å²) in [6.45, 7) is 1.97. The minimum absolute atomic E-state index is 0.0274. The molecule has 2 heterocycles. The molecule has 1 aliphatic rings. The minimum atomic E-state index is -0.232. The summed E-state index contributed by atoms with van der Waals surface area (Å²) in [6, 6.07) is 10.0. The molecule has 1 amide bonds. The molecule has 0 unspecified atom stereocenters. The van der Waals surface area contributed by atoms with Crippen LogP contribution in [0.3, 0.4) is 0 Å². The van der Waals surface area contributed by atoms with Crippen molar-refractivity contribution in [2.45, 2.75) is 38.8 Å². The Morgan fingerprint density at radius 3 is 2.83 bits per heavy atom. The number of nitrogens with one attached hydrogen (secondary N) is 1. The van der Waals surface area contributed by atoms with Crippen LogP contribution in [0.5, 0.6) is 0 Å². The lowest BCUT2D eigenvalue weighted by molar-refractivity contribution is -0.122. The van der Waals surface area contributed by atoms with Gasteiger partial charge in [0.1, 0.15) is 17.9 Å². The minimum Gasteiger partial charge on any atom is -0.352 e.